The first kappa shape index (κ1) is 40.2. The first-order chi connectivity index (χ1) is 23.7. The zero-order chi connectivity index (χ0) is 36.8. The fourth-order valence-corrected chi connectivity index (χ4v) is 4.42. The molecule has 0 radical (unpaired) electrons. The molecule has 2 aromatic heterocycles. The number of hydrogen-bond acceptors (Lipinski definition) is 10. The van der Waals surface area contributed by atoms with E-state index in [4.69, 9.17) is 27.9 Å². The Hall–Kier alpha value is -4.25. The lowest BCUT2D eigenvalue weighted by Crippen LogP contribution is -2.14. The highest BCUT2D eigenvalue weighted by atomic mass is 35.5. The molecule has 2 heterocycles. The summed E-state index contributed by atoms with van der Waals surface area (Å²) in [5.74, 6) is 0.236. The van der Waals surface area contributed by atoms with Gasteiger partial charge in [-0.15, -0.1) is 0 Å². The Morgan fingerprint density at radius 3 is 2.30 bits per heavy atom. The molecule has 1 saturated carbocycles. The van der Waals surface area contributed by atoms with Crippen LogP contribution in [0.25, 0.3) is 11.0 Å². The molecule has 0 aliphatic heterocycles. The molecule has 0 unspecified atom stereocenters. The quantitative estimate of drug-likeness (QED) is 0.122. The summed E-state index contributed by atoms with van der Waals surface area (Å²) in [6, 6.07) is 10.1. The largest absolute Gasteiger partial charge is 0.489 e. The molecule has 272 valence electrons. The summed E-state index contributed by atoms with van der Waals surface area (Å²) >= 11 is 12.0. The Labute approximate surface area is 298 Å². The second-order valence-corrected chi connectivity index (χ2v) is 13.3. The van der Waals surface area contributed by atoms with E-state index in [0.29, 0.717) is 18.5 Å². The SMILES string of the molecule is CCCCc1ccc2nc(NC(=O)OC)[nH]c2c1.COS(C)(=O)=O.O=C(Nc1c(Cl)cncc1Cl)c1ccc(OC(F)F)c(OCC2CC2)c1. The maximum absolute atomic E-state index is 12.6. The van der Waals surface area contributed by atoms with Crippen LogP contribution in [0.15, 0.2) is 48.8 Å². The fraction of sp³-hybridized carbons (Fsp3) is 0.375. The van der Waals surface area contributed by atoms with Crippen LogP contribution >= 0.6 is 23.2 Å². The van der Waals surface area contributed by atoms with Gasteiger partial charge >= 0.3 is 12.7 Å². The molecule has 0 saturated heterocycles. The molecule has 3 N–H and O–H groups in total. The molecule has 13 nitrogen and oxygen atoms in total. The van der Waals surface area contributed by atoms with E-state index in [1.165, 1.54) is 56.1 Å². The number of aromatic amines is 1. The summed E-state index contributed by atoms with van der Waals surface area (Å²) in [6.45, 7) is -0.438. The second kappa shape index (κ2) is 19.2. The summed E-state index contributed by atoms with van der Waals surface area (Å²) in [4.78, 5) is 34.6. The van der Waals surface area contributed by atoms with Crippen molar-refractivity contribution in [3.63, 3.8) is 0 Å². The Morgan fingerprint density at radius 1 is 1.04 bits per heavy atom. The standard InChI is InChI=1S/C17H14Cl2F2N2O3.C13H17N3O2.C2H6O3S/c18-11-6-22-7-12(19)15(11)23-16(24)10-3-4-13(26-17(20)21)14(5-10)25-8-9-1-2-9;1-3-4-5-9-6-7-10-11(8-9)15-12(14-10)16-13(17)18-2;1-5-6(2,3)4/h3-7,9,17H,1-2,8H2,(H,22,23,24);6-8H,3-5H2,1-2H3,(H2,14,15,16,17);1-2H3. The highest BCUT2D eigenvalue weighted by Gasteiger charge is 2.24. The lowest BCUT2D eigenvalue weighted by molar-refractivity contribution is -0.0515. The third-order valence-corrected chi connectivity index (χ3v) is 7.94. The number of H-pyrrole nitrogens is 1. The van der Waals surface area contributed by atoms with Crippen LogP contribution in [0.5, 0.6) is 11.5 Å². The number of nitrogens with one attached hydrogen (secondary N) is 3. The number of imidazole rings is 1. The number of aromatic nitrogens is 3. The topological polar surface area (TPSA) is 171 Å². The van der Waals surface area contributed by atoms with Crippen LogP contribution in [0, 0.1) is 5.92 Å². The number of rotatable bonds is 12. The molecule has 0 atom stereocenters. The number of carbonyl (C=O) groups excluding carboxylic acids is 2. The number of alkyl halides is 2. The maximum Gasteiger partial charge on any atom is 0.413 e. The number of pyridine rings is 1. The molecule has 18 heteroatoms. The molecule has 2 aromatic carbocycles. The summed E-state index contributed by atoms with van der Waals surface area (Å²) in [5, 5.41) is 5.44. The number of amides is 2. The molecule has 0 bridgehead atoms. The molecule has 50 heavy (non-hydrogen) atoms. The van der Waals surface area contributed by atoms with Crippen LogP contribution in [0.2, 0.25) is 10.0 Å². The van der Waals surface area contributed by atoms with Crippen molar-refractivity contribution in [3.8, 4) is 11.5 Å². The first-order valence-electron chi connectivity index (χ1n) is 15.1. The van der Waals surface area contributed by atoms with E-state index < -0.39 is 28.7 Å². The number of anilines is 2. The number of ether oxygens (including phenoxy) is 3. The lowest BCUT2D eigenvalue weighted by atomic mass is 10.1. The van der Waals surface area contributed by atoms with Gasteiger partial charge in [0.15, 0.2) is 11.5 Å². The van der Waals surface area contributed by atoms with Gasteiger partial charge in [-0.05, 0) is 67.5 Å². The van der Waals surface area contributed by atoms with Crippen LogP contribution in [-0.2, 0) is 25.5 Å². The van der Waals surface area contributed by atoms with Crippen molar-refractivity contribution < 1.29 is 45.2 Å². The Kier molecular flexibility index (Phi) is 15.4. The summed E-state index contributed by atoms with van der Waals surface area (Å²) in [6.07, 6.45) is 8.62. The zero-order valence-corrected chi connectivity index (χ0v) is 29.9. The summed E-state index contributed by atoms with van der Waals surface area (Å²) in [7, 11) is -0.721. The molecule has 2 amide bonds. The minimum atomic E-state index is -3.16. The zero-order valence-electron chi connectivity index (χ0n) is 27.6. The van der Waals surface area contributed by atoms with Gasteiger partial charge in [-0.1, -0.05) is 42.6 Å². The third-order valence-electron chi connectivity index (χ3n) is 6.76. The van der Waals surface area contributed by atoms with E-state index in [9.17, 15) is 26.8 Å². The van der Waals surface area contributed by atoms with Gasteiger partial charge in [0.1, 0.15) is 0 Å². The van der Waals surface area contributed by atoms with E-state index in [2.05, 4.69) is 58.3 Å². The number of halogens is 4. The van der Waals surface area contributed by atoms with Gasteiger partial charge in [0, 0.05) is 18.0 Å². The van der Waals surface area contributed by atoms with Crippen molar-refractivity contribution in [1.29, 1.82) is 0 Å². The van der Waals surface area contributed by atoms with Crippen molar-refractivity contribution in [1.82, 2.24) is 15.0 Å². The highest BCUT2D eigenvalue weighted by Crippen LogP contribution is 2.35. The smallest absolute Gasteiger partial charge is 0.413 e. The monoisotopic (exact) mass is 759 g/mol. The minimum absolute atomic E-state index is 0.0803. The third kappa shape index (κ3) is 13.6. The fourth-order valence-electron chi connectivity index (χ4n) is 3.96. The number of unbranched alkanes of at least 4 members (excludes halogenated alkanes) is 1. The number of nitrogens with zero attached hydrogens (tertiary/aromatic N) is 2. The molecular weight excluding hydrogens is 723 g/mol. The first-order valence-corrected chi connectivity index (χ1v) is 17.7. The average molecular weight is 761 g/mol. The lowest BCUT2D eigenvalue weighted by Gasteiger charge is -2.14. The highest BCUT2D eigenvalue weighted by molar-refractivity contribution is 7.85. The van der Waals surface area contributed by atoms with E-state index in [1.807, 2.05) is 6.07 Å². The molecule has 0 spiro atoms. The van der Waals surface area contributed by atoms with E-state index in [0.717, 1.165) is 43.7 Å². The minimum Gasteiger partial charge on any atom is -0.489 e. The number of carbonyl (C=O) groups is 2. The van der Waals surface area contributed by atoms with Gasteiger partial charge in [-0.3, -0.25) is 19.3 Å². The molecule has 1 fully saturated rings. The number of hydrogen-bond donors (Lipinski definition) is 3. The van der Waals surface area contributed by atoms with Crippen molar-refractivity contribution in [2.45, 2.75) is 45.6 Å². The molecule has 1 aliphatic carbocycles. The van der Waals surface area contributed by atoms with Gasteiger partial charge in [0.05, 0.1) is 53.8 Å². The van der Waals surface area contributed by atoms with Crippen LogP contribution < -0.4 is 20.1 Å². The maximum atomic E-state index is 12.6. The van der Waals surface area contributed by atoms with Gasteiger partial charge in [-0.2, -0.15) is 17.2 Å². The van der Waals surface area contributed by atoms with Crippen LogP contribution in [0.4, 0.5) is 25.2 Å². The molecular formula is C32H37Cl2F2N5O8S. The van der Waals surface area contributed by atoms with Crippen molar-refractivity contribution in [2.75, 3.05) is 37.7 Å². The second-order valence-electron chi connectivity index (χ2n) is 10.8. The summed E-state index contributed by atoms with van der Waals surface area (Å²) < 4.78 is 63.1. The molecule has 4 aromatic rings. The van der Waals surface area contributed by atoms with Crippen LogP contribution in [0.1, 0.15) is 48.5 Å². The van der Waals surface area contributed by atoms with E-state index in [-0.39, 0.29) is 32.8 Å². The average Bonchev–Trinajstić information content (AvgIpc) is 3.82. The predicted octanol–water partition coefficient (Wildman–Crippen LogP) is 7.71. The van der Waals surface area contributed by atoms with Crippen molar-refractivity contribution >= 4 is 68.0 Å². The van der Waals surface area contributed by atoms with Gasteiger partial charge < -0.3 is 24.5 Å². The molecule has 1 aliphatic rings. The van der Waals surface area contributed by atoms with Gasteiger partial charge in [0.2, 0.25) is 5.95 Å². The van der Waals surface area contributed by atoms with Crippen molar-refractivity contribution in [2.24, 2.45) is 5.92 Å². The van der Waals surface area contributed by atoms with E-state index in [1.54, 1.807) is 0 Å². The van der Waals surface area contributed by atoms with Crippen LogP contribution in [0.3, 0.4) is 0 Å². The number of fused-ring (bicyclic) bond motifs is 1. The van der Waals surface area contributed by atoms with Crippen molar-refractivity contribution in [3.05, 3.63) is 70.0 Å². The van der Waals surface area contributed by atoms with Crippen LogP contribution in [-0.4, -0.2) is 69.1 Å². The summed E-state index contributed by atoms with van der Waals surface area (Å²) in [5.41, 5.74) is 3.43. The Balaban J connectivity index is 0.000000244. The molecule has 5 rings (SSSR count). The predicted molar refractivity (Wildman–Crippen MR) is 186 cm³/mol. The van der Waals surface area contributed by atoms with Gasteiger partial charge in [0.25, 0.3) is 16.0 Å². The number of methoxy groups -OCH3 is 1. The number of aryl methyl sites for hydroxylation is 1. The number of benzene rings is 2. The van der Waals surface area contributed by atoms with E-state index >= 15 is 0 Å². The normalized spacial score (nSPS) is 12.3. The Morgan fingerprint density at radius 2 is 1.72 bits per heavy atom. The Bertz CT molecular complexity index is 1840. The van der Waals surface area contributed by atoms with Gasteiger partial charge in [-0.25, -0.2) is 9.78 Å².